The summed E-state index contributed by atoms with van der Waals surface area (Å²) in [6.45, 7) is 2.58. The number of rotatable bonds is 5. The second-order valence-electron chi connectivity index (χ2n) is 10.3. The molecule has 4 N–H and O–H groups in total. The number of Topliss-reactive ketones (excluding diaryl/α,β-unsaturated/α-hetero) is 1. The normalized spacial score (nSPS) is 31.3. The summed E-state index contributed by atoms with van der Waals surface area (Å²) < 4.78 is 37.1. The Morgan fingerprint density at radius 1 is 1.10 bits per heavy atom. The van der Waals surface area contributed by atoms with Crippen molar-refractivity contribution in [1.82, 2.24) is 0 Å². The molecule has 12 heteroatoms. The number of aliphatic hydroxyl groups excluding tert-OH is 1. The van der Waals surface area contributed by atoms with E-state index in [1.165, 1.54) is 39.3 Å². The SMILES string of the molecule is COc1cccc2c1C(=O)c1c(O)c3c(c(O)c1C2=O)C[C@@](O)(C(C)=O)C[C@@H]3O[C@@H]1O[C@@H](C)[C@@H](O)[C@@H](OC)[C@H]1F. The minimum absolute atomic E-state index is 0.0639. The highest BCUT2D eigenvalue weighted by Crippen LogP contribution is 2.52. The highest BCUT2D eigenvalue weighted by Gasteiger charge is 2.51. The van der Waals surface area contributed by atoms with Gasteiger partial charge in [0.05, 0.1) is 36.0 Å². The van der Waals surface area contributed by atoms with Crippen LogP contribution in [0.4, 0.5) is 4.39 Å². The predicted molar refractivity (Wildman–Crippen MR) is 133 cm³/mol. The van der Waals surface area contributed by atoms with E-state index in [0.29, 0.717) is 0 Å². The number of carbonyl (C=O) groups is 3. The summed E-state index contributed by atoms with van der Waals surface area (Å²) in [5.41, 5.74) is -3.74. The summed E-state index contributed by atoms with van der Waals surface area (Å²) >= 11 is 0. The van der Waals surface area contributed by atoms with Crippen LogP contribution in [-0.2, 0) is 25.4 Å². The Kier molecular flexibility index (Phi) is 6.95. The zero-order valence-corrected chi connectivity index (χ0v) is 22.1. The van der Waals surface area contributed by atoms with Crippen molar-refractivity contribution in [2.75, 3.05) is 14.2 Å². The maximum atomic E-state index is 15.3. The molecule has 0 amide bonds. The average Bonchev–Trinajstić information content (AvgIpc) is 2.91. The van der Waals surface area contributed by atoms with Crippen LogP contribution in [0.2, 0.25) is 0 Å². The number of carbonyl (C=O) groups excluding carboxylic acids is 3. The summed E-state index contributed by atoms with van der Waals surface area (Å²) in [4.78, 5) is 39.7. The summed E-state index contributed by atoms with van der Waals surface area (Å²) in [6, 6.07) is 4.33. The molecule has 11 nitrogen and oxygen atoms in total. The molecule has 5 rings (SSSR count). The predicted octanol–water partition coefficient (Wildman–Crippen LogP) is 1.66. The number of methoxy groups -OCH3 is 2. The first-order chi connectivity index (χ1) is 18.9. The summed E-state index contributed by atoms with van der Waals surface area (Å²) in [7, 11) is 2.51. The molecule has 3 aliphatic rings. The third kappa shape index (κ3) is 4.01. The van der Waals surface area contributed by atoms with Gasteiger partial charge in [-0.15, -0.1) is 0 Å². The van der Waals surface area contributed by atoms with Crippen molar-refractivity contribution in [1.29, 1.82) is 0 Å². The highest BCUT2D eigenvalue weighted by atomic mass is 19.1. The fourth-order valence-electron chi connectivity index (χ4n) is 5.82. The smallest absolute Gasteiger partial charge is 0.202 e. The molecule has 40 heavy (non-hydrogen) atoms. The zero-order chi connectivity index (χ0) is 29.3. The molecule has 1 aliphatic heterocycles. The first-order valence-electron chi connectivity index (χ1n) is 12.6. The van der Waals surface area contributed by atoms with Gasteiger partial charge in [0.15, 0.2) is 24.0 Å². The van der Waals surface area contributed by atoms with Crippen LogP contribution in [0.1, 0.15) is 69.3 Å². The lowest BCUT2D eigenvalue weighted by atomic mass is 9.72. The number of alkyl halides is 1. The standard InChI is InChI=1S/C28H29FO11/c1-10-21(31)26(38-4)20(29)27(39-10)40-15-9-28(36,11(2)30)8-13-17(15)25(35)19-18(23(13)33)22(32)12-6-5-7-14(37-3)16(12)24(19)34/h5-7,10,15,20-21,26-27,31,33,35-36H,8-9H2,1-4H3/t10-,15-,20+,21+,26-,27-,28-/m0/s1. The van der Waals surface area contributed by atoms with Gasteiger partial charge in [0.2, 0.25) is 5.78 Å². The number of hydrogen-bond donors (Lipinski definition) is 4. The molecular formula is C28H29FO11. The lowest BCUT2D eigenvalue weighted by Crippen LogP contribution is -2.57. The summed E-state index contributed by atoms with van der Waals surface area (Å²) in [6.07, 6.45) is -9.81. The quantitative estimate of drug-likeness (QED) is 0.335. The van der Waals surface area contributed by atoms with Gasteiger partial charge in [0, 0.05) is 36.6 Å². The minimum atomic E-state index is -2.13. The molecule has 7 atom stereocenters. The van der Waals surface area contributed by atoms with E-state index < -0.39 is 95.3 Å². The van der Waals surface area contributed by atoms with Crippen LogP contribution in [0.3, 0.4) is 0 Å². The molecule has 0 radical (unpaired) electrons. The van der Waals surface area contributed by atoms with Gasteiger partial charge >= 0.3 is 0 Å². The van der Waals surface area contributed by atoms with Crippen LogP contribution in [0.25, 0.3) is 0 Å². The van der Waals surface area contributed by atoms with Crippen LogP contribution in [-0.4, -0.2) is 88.4 Å². The average molecular weight is 561 g/mol. The number of ether oxygens (including phenoxy) is 4. The third-order valence-electron chi connectivity index (χ3n) is 8.04. The van der Waals surface area contributed by atoms with Crippen LogP contribution >= 0.6 is 0 Å². The van der Waals surface area contributed by atoms with E-state index in [2.05, 4.69) is 0 Å². The Morgan fingerprint density at radius 2 is 1.77 bits per heavy atom. The number of ketones is 3. The molecule has 0 spiro atoms. The Hall–Kier alpha value is -3.42. The molecule has 0 bridgehead atoms. The molecule has 214 valence electrons. The first-order valence-corrected chi connectivity index (χ1v) is 12.6. The van der Waals surface area contributed by atoms with Gasteiger partial charge in [-0.1, -0.05) is 12.1 Å². The topological polar surface area (TPSA) is 169 Å². The monoisotopic (exact) mass is 560 g/mol. The maximum Gasteiger partial charge on any atom is 0.202 e. The lowest BCUT2D eigenvalue weighted by molar-refractivity contribution is -0.298. The number of aromatic hydroxyl groups is 2. The molecule has 2 aromatic rings. The molecule has 2 aromatic carbocycles. The summed E-state index contributed by atoms with van der Waals surface area (Å²) in [5, 5.41) is 44.3. The first kappa shape index (κ1) is 28.1. The van der Waals surface area contributed by atoms with Gasteiger partial charge in [-0.2, -0.15) is 0 Å². The zero-order valence-electron chi connectivity index (χ0n) is 22.1. The van der Waals surface area contributed by atoms with E-state index >= 15 is 4.39 Å². The highest BCUT2D eigenvalue weighted by molar-refractivity contribution is 6.31. The van der Waals surface area contributed by atoms with E-state index in [4.69, 9.17) is 18.9 Å². The number of phenolic OH excluding ortho intramolecular Hbond substituents is 2. The van der Waals surface area contributed by atoms with Crippen molar-refractivity contribution >= 4 is 17.3 Å². The van der Waals surface area contributed by atoms with Gasteiger partial charge in [0.25, 0.3) is 0 Å². The Balaban J connectivity index is 1.69. The van der Waals surface area contributed by atoms with Crippen LogP contribution in [0, 0.1) is 0 Å². The van der Waals surface area contributed by atoms with Gasteiger partial charge in [-0.05, 0) is 19.9 Å². The van der Waals surface area contributed by atoms with Crippen molar-refractivity contribution in [3.8, 4) is 17.2 Å². The van der Waals surface area contributed by atoms with Crippen molar-refractivity contribution in [2.45, 2.75) is 69.2 Å². The van der Waals surface area contributed by atoms with Crippen LogP contribution in [0.5, 0.6) is 17.2 Å². The number of aliphatic hydroxyl groups is 2. The lowest BCUT2D eigenvalue weighted by Gasteiger charge is -2.43. The molecule has 0 aromatic heterocycles. The van der Waals surface area contributed by atoms with Crippen LogP contribution < -0.4 is 4.74 Å². The fourth-order valence-corrected chi connectivity index (χ4v) is 5.82. The Bertz CT molecular complexity index is 1420. The second-order valence-corrected chi connectivity index (χ2v) is 10.3. The fraction of sp³-hybridized carbons (Fsp3) is 0.464. The molecule has 0 unspecified atom stereocenters. The number of hydrogen-bond acceptors (Lipinski definition) is 11. The van der Waals surface area contributed by atoms with Gasteiger partial charge < -0.3 is 39.4 Å². The maximum absolute atomic E-state index is 15.3. The van der Waals surface area contributed by atoms with Crippen molar-refractivity contribution in [3.63, 3.8) is 0 Å². The van der Waals surface area contributed by atoms with Gasteiger partial charge in [-0.3, -0.25) is 14.4 Å². The van der Waals surface area contributed by atoms with E-state index in [9.17, 15) is 34.8 Å². The second kappa shape index (κ2) is 9.89. The number of halogens is 1. The Labute approximate surface area is 228 Å². The largest absolute Gasteiger partial charge is 0.507 e. The summed E-state index contributed by atoms with van der Waals surface area (Å²) in [5.74, 6) is -3.67. The number of fused-ring (bicyclic) bond motifs is 3. The molecule has 2 aliphatic carbocycles. The molecular weight excluding hydrogens is 531 g/mol. The molecule has 1 fully saturated rings. The van der Waals surface area contributed by atoms with Crippen molar-refractivity contribution in [2.24, 2.45) is 0 Å². The van der Waals surface area contributed by atoms with Crippen LogP contribution in [0.15, 0.2) is 18.2 Å². The van der Waals surface area contributed by atoms with E-state index in [0.717, 1.165) is 6.92 Å². The molecule has 1 saturated heterocycles. The number of phenols is 2. The third-order valence-corrected chi connectivity index (χ3v) is 8.04. The molecule has 0 saturated carbocycles. The van der Waals surface area contributed by atoms with E-state index in [1.807, 2.05) is 0 Å². The van der Waals surface area contributed by atoms with E-state index in [-0.39, 0.29) is 28.0 Å². The van der Waals surface area contributed by atoms with Gasteiger partial charge in [0.1, 0.15) is 35.1 Å². The van der Waals surface area contributed by atoms with Crippen molar-refractivity contribution in [3.05, 3.63) is 51.6 Å². The number of benzene rings is 2. The Morgan fingerprint density at radius 3 is 2.40 bits per heavy atom. The molecule has 1 heterocycles. The van der Waals surface area contributed by atoms with E-state index in [1.54, 1.807) is 0 Å². The minimum Gasteiger partial charge on any atom is -0.507 e. The van der Waals surface area contributed by atoms with Gasteiger partial charge in [-0.25, -0.2) is 4.39 Å². The van der Waals surface area contributed by atoms with Crippen molar-refractivity contribution < 1.29 is 58.1 Å².